The van der Waals surface area contributed by atoms with Crippen LogP contribution in [0.25, 0.3) is 11.5 Å². The second-order valence-corrected chi connectivity index (χ2v) is 3.54. The van der Waals surface area contributed by atoms with Gasteiger partial charge in [-0.15, -0.1) is 0 Å². The third-order valence-electron chi connectivity index (χ3n) is 1.81. The summed E-state index contributed by atoms with van der Waals surface area (Å²) in [6.07, 6.45) is 0. The van der Waals surface area contributed by atoms with Gasteiger partial charge in [-0.3, -0.25) is 0 Å². The highest BCUT2D eigenvalue weighted by Gasteiger charge is 2.06. The molecule has 0 saturated heterocycles. The summed E-state index contributed by atoms with van der Waals surface area (Å²) in [6, 6.07) is 7.50. The quantitative estimate of drug-likeness (QED) is 0.859. The molecule has 0 fully saturated rings. The molecule has 2 aromatic rings. The second kappa shape index (κ2) is 4.44. The number of aromatic nitrogens is 2. The Balaban J connectivity index is 2.23. The van der Waals surface area contributed by atoms with Gasteiger partial charge in [-0.25, -0.2) is 0 Å². The van der Waals surface area contributed by atoms with Crippen LogP contribution in [-0.4, -0.2) is 16.7 Å². The molecule has 15 heavy (non-hydrogen) atoms. The summed E-state index contributed by atoms with van der Waals surface area (Å²) in [6.45, 7) is 2.61. The first kappa shape index (κ1) is 10.2. The molecule has 0 bridgehead atoms. The molecule has 4 nitrogen and oxygen atoms in total. The Morgan fingerprint density at radius 3 is 2.60 bits per heavy atom. The average molecular weight is 269 g/mol. The van der Waals surface area contributed by atoms with E-state index in [1.807, 2.05) is 31.2 Å². The van der Waals surface area contributed by atoms with Crippen molar-refractivity contribution in [2.24, 2.45) is 0 Å². The first-order valence-electron chi connectivity index (χ1n) is 4.52. The average Bonchev–Trinajstić information content (AvgIpc) is 2.67. The number of hydrogen-bond acceptors (Lipinski definition) is 4. The van der Waals surface area contributed by atoms with Crippen molar-refractivity contribution in [1.82, 2.24) is 10.1 Å². The summed E-state index contributed by atoms with van der Waals surface area (Å²) in [5, 5.41) is 3.65. The van der Waals surface area contributed by atoms with Crippen LogP contribution in [0.1, 0.15) is 6.92 Å². The standard InChI is InChI=1S/C10H9BrN2O2/c1-2-14-8-5-3-7(4-6-8)9-12-10(11)13-15-9/h3-6H,2H2,1H3. The Morgan fingerprint density at radius 1 is 1.33 bits per heavy atom. The lowest BCUT2D eigenvalue weighted by molar-refractivity contribution is 0.340. The maximum Gasteiger partial charge on any atom is 0.258 e. The summed E-state index contributed by atoms with van der Waals surface area (Å²) >= 11 is 3.13. The Hall–Kier alpha value is -1.36. The van der Waals surface area contributed by atoms with Gasteiger partial charge in [0.2, 0.25) is 4.73 Å². The first-order valence-corrected chi connectivity index (χ1v) is 5.31. The van der Waals surface area contributed by atoms with Crippen LogP contribution < -0.4 is 4.74 Å². The zero-order chi connectivity index (χ0) is 10.7. The van der Waals surface area contributed by atoms with Gasteiger partial charge in [-0.05, 0) is 52.3 Å². The lowest BCUT2D eigenvalue weighted by atomic mass is 10.2. The van der Waals surface area contributed by atoms with Gasteiger partial charge in [0.05, 0.1) is 6.61 Å². The minimum atomic E-state index is 0.450. The highest BCUT2D eigenvalue weighted by atomic mass is 79.9. The summed E-state index contributed by atoms with van der Waals surface area (Å²) < 4.78 is 10.8. The monoisotopic (exact) mass is 268 g/mol. The minimum Gasteiger partial charge on any atom is -0.494 e. The van der Waals surface area contributed by atoms with Crippen LogP contribution in [0.5, 0.6) is 5.75 Å². The molecule has 5 heteroatoms. The van der Waals surface area contributed by atoms with E-state index in [0.29, 0.717) is 17.2 Å². The van der Waals surface area contributed by atoms with Crippen molar-refractivity contribution in [2.45, 2.75) is 6.92 Å². The van der Waals surface area contributed by atoms with E-state index >= 15 is 0 Å². The molecule has 0 unspecified atom stereocenters. The molecular formula is C10H9BrN2O2. The van der Waals surface area contributed by atoms with E-state index in [-0.39, 0.29) is 0 Å². The van der Waals surface area contributed by atoms with Gasteiger partial charge in [0.1, 0.15) is 5.75 Å². The molecule has 0 amide bonds. The van der Waals surface area contributed by atoms with Gasteiger partial charge >= 0.3 is 0 Å². The van der Waals surface area contributed by atoms with E-state index in [2.05, 4.69) is 26.1 Å². The molecule has 78 valence electrons. The van der Waals surface area contributed by atoms with E-state index in [1.165, 1.54) is 0 Å². The van der Waals surface area contributed by atoms with Crippen molar-refractivity contribution in [2.75, 3.05) is 6.61 Å². The van der Waals surface area contributed by atoms with E-state index < -0.39 is 0 Å². The van der Waals surface area contributed by atoms with Gasteiger partial charge < -0.3 is 9.26 Å². The second-order valence-electron chi connectivity index (χ2n) is 2.83. The van der Waals surface area contributed by atoms with Crippen LogP contribution in [0, 0.1) is 0 Å². The fourth-order valence-corrected chi connectivity index (χ4v) is 1.42. The van der Waals surface area contributed by atoms with Gasteiger partial charge in [0.15, 0.2) is 0 Å². The molecule has 1 aromatic carbocycles. The highest BCUT2D eigenvalue weighted by Crippen LogP contribution is 2.21. The molecule has 2 rings (SSSR count). The largest absolute Gasteiger partial charge is 0.494 e. The van der Waals surface area contributed by atoms with Crippen molar-refractivity contribution < 1.29 is 9.26 Å². The van der Waals surface area contributed by atoms with Crippen molar-refractivity contribution in [3.05, 3.63) is 29.0 Å². The minimum absolute atomic E-state index is 0.450. The molecule has 0 aliphatic heterocycles. The van der Waals surface area contributed by atoms with Crippen LogP contribution in [0.3, 0.4) is 0 Å². The van der Waals surface area contributed by atoms with Crippen molar-refractivity contribution in [3.63, 3.8) is 0 Å². The molecule has 0 radical (unpaired) electrons. The zero-order valence-electron chi connectivity index (χ0n) is 8.11. The molecule has 1 heterocycles. The van der Waals surface area contributed by atoms with Crippen LogP contribution in [0.4, 0.5) is 0 Å². The molecule has 0 aliphatic rings. The summed E-state index contributed by atoms with van der Waals surface area (Å²) in [5.41, 5.74) is 0.872. The number of nitrogens with zero attached hydrogens (tertiary/aromatic N) is 2. The third kappa shape index (κ3) is 2.36. The van der Waals surface area contributed by atoms with Crippen LogP contribution >= 0.6 is 15.9 Å². The number of halogens is 1. The fraction of sp³-hybridized carbons (Fsp3) is 0.200. The van der Waals surface area contributed by atoms with E-state index in [0.717, 1.165) is 11.3 Å². The van der Waals surface area contributed by atoms with E-state index in [9.17, 15) is 0 Å². The van der Waals surface area contributed by atoms with Crippen LogP contribution in [0.2, 0.25) is 0 Å². The Kier molecular flexibility index (Phi) is 3.01. The van der Waals surface area contributed by atoms with E-state index in [4.69, 9.17) is 9.26 Å². The lowest BCUT2D eigenvalue weighted by Gasteiger charge is -2.01. The number of hydrogen-bond donors (Lipinski definition) is 0. The van der Waals surface area contributed by atoms with Gasteiger partial charge in [0, 0.05) is 5.56 Å². The van der Waals surface area contributed by atoms with Gasteiger partial charge in [-0.2, -0.15) is 4.98 Å². The predicted molar refractivity (Wildman–Crippen MR) is 58.6 cm³/mol. The molecule has 0 atom stereocenters. The normalized spacial score (nSPS) is 10.3. The number of ether oxygens (including phenoxy) is 1. The molecular weight excluding hydrogens is 260 g/mol. The SMILES string of the molecule is CCOc1ccc(-c2nc(Br)no2)cc1. The van der Waals surface area contributed by atoms with Crippen molar-refractivity contribution >= 4 is 15.9 Å². The van der Waals surface area contributed by atoms with Gasteiger partial charge in [0.25, 0.3) is 5.89 Å². The molecule has 1 aromatic heterocycles. The highest BCUT2D eigenvalue weighted by molar-refractivity contribution is 9.10. The maximum atomic E-state index is 5.33. The Bertz CT molecular complexity index is 439. The molecule has 0 spiro atoms. The number of rotatable bonds is 3. The zero-order valence-corrected chi connectivity index (χ0v) is 9.69. The Morgan fingerprint density at radius 2 is 2.07 bits per heavy atom. The van der Waals surface area contributed by atoms with Crippen molar-refractivity contribution in [1.29, 1.82) is 0 Å². The lowest BCUT2D eigenvalue weighted by Crippen LogP contribution is -1.90. The van der Waals surface area contributed by atoms with Crippen LogP contribution in [0.15, 0.2) is 33.5 Å². The maximum absolute atomic E-state index is 5.33. The fourth-order valence-electron chi connectivity index (χ4n) is 1.18. The Labute approximate surface area is 95.4 Å². The third-order valence-corrected chi connectivity index (χ3v) is 2.14. The molecule has 0 aliphatic carbocycles. The molecule has 0 saturated carbocycles. The van der Waals surface area contributed by atoms with Crippen molar-refractivity contribution in [3.8, 4) is 17.2 Å². The molecule has 0 N–H and O–H groups in total. The summed E-state index contributed by atoms with van der Waals surface area (Å²) in [5.74, 6) is 1.32. The van der Waals surface area contributed by atoms with E-state index in [1.54, 1.807) is 0 Å². The summed E-state index contributed by atoms with van der Waals surface area (Å²) in [7, 11) is 0. The predicted octanol–water partition coefficient (Wildman–Crippen LogP) is 2.90. The summed E-state index contributed by atoms with van der Waals surface area (Å²) in [4.78, 5) is 4.05. The van der Waals surface area contributed by atoms with Crippen LogP contribution in [-0.2, 0) is 0 Å². The first-order chi connectivity index (χ1) is 7.29. The topological polar surface area (TPSA) is 48.2 Å². The smallest absolute Gasteiger partial charge is 0.258 e. The van der Waals surface area contributed by atoms with Gasteiger partial charge in [-0.1, -0.05) is 0 Å². The number of benzene rings is 1.